The van der Waals surface area contributed by atoms with Gasteiger partial charge in [-0.3, -0.25) is 33.7 Å². The molecule has 5 rings (SSSR count). The summed E-state index contributed by atoms with van der Waals surface area (Å²) in [6.07, 6.45) is -12.4. The Labute approximate surface area is 286 Å². The van der Waals surface area contributed by atoms with E-state index in [9.17, 15) is 28.8 Å². The van der Waals surface area contributed by atoms with Crippen LogP contribution in [-0.4, -0.2) is 58.2 Å². The van der Waals surface area contributed by atoms with Crippen molar-refractivity contribution in [2.75, 3.05) is 4.90 Å². The molecule has 0 saturated heterocycles. The molecule has 0 saturated carbocycles. The van der Waals surface area contributed by atoms with Crippen LogP contribution in [-0.2, 0) is 10.8 Å². The van der Waals surface area contributed by atoms with Gasteiger partial charge in [0.25, 0.3) is 29.5 Å². The van der Waals surface area contributed by atoms with Gasteiger partial charge in [-0.25, -0.2) is 4.90 Å². The molecule has 2 aliphatic heterocycles. The van der Waals surface area contributed by atoms with Crippen LogP contribution in [0, 0.1) is 0 Å². The molecule has 3 aromatic rings. The summed E-state index contributed by atoms with van der Waals surface area (Å²) in [5.41, 5.74) is -2.72. The standard InChI is InChI=1S/C35H30F6N4O6/c1-31(2,3)22-11-15(25(42)46)12-23(24(22)26(43)47)44-27(48)18-9-7-16(13-20(18)28(44)49)33(34(36,37)38,35(39,40)41)17-8-10-19-21(14-17)30(51)45(29(19)50)32(4,5)6/h7-14H,1-6H3,(H2,42,46)(H2,43,47). The molecule has 268 valence electrons. The lowest BCUT2D eigenvalue weighted by molar-refractivity contribution is -0.288. The third kappa shape index (κ3) is 5.34. The van der Waals surface area contributed by atoms with E-state index in [4.69, 9.17) is 11.5 Å². The van der Waals surface area contributed by atoms with E-state index in [1.807, 2.05) is 0 Å². The highest BCUT2D eigenvalue weighted by molar-refractivity contribution is 6.35. The lowest BCUT2D eigenvalue weighted by Crippen LogP contribution is -2.55. The number of rotatable bonds is 5. The van der Waals surface area contributed by atoms with Gasteiger partial charge in [0.1, 0.15) is 0 Å². The second kappa shape index (κ2) is 11.2. The van der Waals surface area contributed by atoms with Crippen LogP contribution in [0.2, 0.25) is 0 Å². The largest absolute Gasteiger partial charge is 0.411 e. The molecule has 10 nitrogen and oxygen atoms in total. The van der Waals surface area contributed by atoms with Gasteiger partial charge in [0.15, 0.2) is 0 Å². The molecule has 0 unspecified atom stereocenters. The van der Waals surface area contributed by atoms with Crippen molar-refractivity contribution in [2.24, 2.45) is 11.5 Å². The Bertz CT molecular complexity index is 2090. The minimum atomic E-state index is -6.18. The van der Waals surface area contributed by atoms with Crippen LogP contribution >= 0.6 is 0 Å². The number of imide groups is 2. The Morgan fingerprint density at radius 3 is 1.43 bits per heavy atom. The molecule has 0 atom stereocenters. The van der Waals surface area contributed by atoms with Gasteiger partial charge in [0, 0.05) is 11.1 Å². The highest BCUT2D eigenvalue weighted by Gasteiger charge is 2.73. The maximum atomic E-state index is 15.2. The number of benzene rings is 3. The highest BCUT2D eigenvalue weighted by atomic mass is 19.4. The Morgan fingerprint density at radius 1 is 0.588 bits per heavy atom. The molecule has 51 heavy (non-hydrogen) atoms. The fourth-order valence-electron chi connectivity index (χ4n) is 6.55. The third-order valence-corrected chi connectivity index (χ3v) is 8.86. The second-order valence-corrected chi connectivity index (χ2v) is 14.2. The van der Waals surface area contributed by atoms with E-state index in [0.717, 1.165) is 11.0 Å². The molecule has 6 amide bonds. The number of amides is 6. The molecule has 0 aromatic heterocycles. The molecule has 16 heteroatoms. The predicted molar refractivity (Wildman–Crippen MR) is 169 cm³/mol. The average molecular weight is 717 g/mol. The fourth-order valence-corrected chi connectivity index (χ4v) is 6.55. The fraction of sp³-hybridized carbons (Fsp3) is 0.314. The highest BCUT2D eigenvalue weighted by Crippen LogP contribution is 2.57. The van der Waals surface area contributed by atoms with Crippen molar-refractivity contribution < 1.29 is 55.1 Å². The number of nitrogens with two attached hydrogens (primary N) is 2. The molecule has 2 heterocycles. The molecule has 4 N–H and O–H groups in total. The van der Waals surface area contributed by atoms with Gasteiger partial charge in [-0.2, -0.15) is 26.3 Å². The maximum absolute atomic E-state index is 15.2. The topological polar surface area (TPSA) is 161 Å². The summed E-state index contributed by atoms with van der Waals surface area (Å²) < 4.78 is 91.1. The van der Waals surface area contributed by atoms with Gasteiger partial charge < -0.3 is 11.5 Å². The summed E-state index contributed by atoms with van der Waals surface area (Å²) in [5.74, 6) is -6.88. The van der Waals surface area contributed by atoms with Crippen molar-refractivity contribution in [2.45, 2.75) is 70.3 Å². The number of alkyl halides is 6. The summed E-state index contributed by atoms with van der Waals surface area (Å²) in [6, 6.07) is 4.88. The van der Waals surface area contributed by atoms with Gasteiger partial charge in [-0.05, 0) is 79.3 Å². The minimum absolute atomic E-state index is 0.0707. The van der Waals surface area contributed by atoms with Gasteiger partial charge in [-0.15, -0.1) is 0 Å². The van der Waals surface area contributed by atoms with Gasteiger partial charge in [-0.1, -0.05) is 32.9 Å². The lowest BCUT2D eigenvalue weighted by atomic mass is 9.71. The van der Waals surface area contributed by atoms with Crippen molar-refractivity contribution >= 4 is 41.1 Å². The Morgan fingerprint density at radius 2 is 1.02 bits per heavy atom. The number of fused-ring (bicyclic) bond motifs is 2. The van der Waals surface area contributed by atoms with E-state index in [1.54, 1.807) is 20.8 Å². The second-order valence-electron chi connectivity index (χ2n) is 14.2. The monoisotopic (exact) mass is 716 g/mol. The lowest BCUT2D eigenvalue weighted by Gasteiger charge is -2.38. The number of hydrogen-bond donors (Lipinski definition) is 2. The summed E-state index contributed by atoms with van der Waals surface area (Å²) in [4.78, 5) is 79.7. The Balaban J connectivity index is 1.76. The molecule has 0 radical (unpaired) electrons. The number of carbonyl (C=O) groups excluding carboxylic acids is 6. The van der Waals surface area contributed by atoms with E-state index < -0.39 is 109 Å². The molecule has 0 fully saturated rings. The van der Waals surface area contributed by atoms with Crippen molar-refractivity contribution in [3.8, 4) is 0 Å². The van der Waals surface area contributed by atoms with Crippen molar-refractivity contribution in [1.29, 1.82) is 0 Å². The molecule has 0 spiro atoms. The molecular formula is C35H30F6N4O6. The van der Waals surface area contributed by atoms with E-state index in [0.29, 0.717) is 35.2 Å². The van der Waals surface area contributed by atoms with Gasteiger partial charge in [0.2, 0.25) is 11.3 Å². The molecule has 3 aromatic carbocycles. The van der Waals surface area contributed by atoms with Crippen LogP contribution in [0.1, 0.15) is 120 Å². The maximum Gasteiger partial charge on any atom is 0.411 e. The average Bonchev–Trinajstić information content (AvgIpc) is 3.38. The van der Waals surface area contributed by atoms with Gasteiger partial charge >= 0.3 is 12.4 Å². The first kappa shape index (κ1) is 36.7. The zero-order valence-electron chi connectivity index (χ0n) is 27.9. The van der Waals surface area contributed by atoms with Crippen molar-refractivity contribution in [3.63, 3.8) is 0 Å². The number of halogens is 6. The zero-order chi connectivity index (χ0) is 38.5. The van der Waals surface area contributed by atoms with Crippen LogP contribution < -0.4 is 16.4 Å². The molecule has 0 bridgehead atoms. The first-order chi connectivity index (χ1) is 23.2. The first-order valence-electron chi connectivity index (χ1n) is 15.2. The zero-order valence-corrected chi connectivity index (χ0v) is 27.9. The number of primary amides is 2. The third-order valence-electron chi connectivity index (χ3n) is 8.86. The van der Waals surface area contributed by atoms with Crippen LogP contribution in [0.4, 0.5) is 32.0 Å². The van der Waals surface area contributed by atoms with E-state index >= 15 is 26.3 Å². The van der Waals surface area contributed by atoms with E-state index in [2.05, 4.69) is 0 Å². The predicted octanol–water partition coefficient (Wildman–Crippen LogP) is 5.79. The summed E-state index contributed by atoms with van der Waals surface area (Å²) >= 11 is 0. The number of hydrogen-bond acceptors (Lipinski definition) is 6. The number of carbonyl (C=O) groups is 6. The summed E-state index contributed by atoms with van der Waals surface area (Å²) in [5, 5.41) is 0. The Kier molecular flexibility index (Phi) is 8.09. The molecule has 2 aliphatic rings. The quantitative estimate of drug-likeness (QED) is 0.251. The normalized spacial score (nSPS) is 15.5. The van der Waals surface area contributed by atoms with Crippen molar-refractivity contribution in [3.05, 3.63) is 98.6 Å². The number of nitrogens with zero attached hydrogens (tertiary/aromatic N) is 2. The van der Waals surface area contributed by atoms with Crippen LogP contribution in [0.3, 0.4) is 0 Å². The summed E-state index contributed by atoms with van der Waals surface area (Å²) in [6.45, 7) is 9.19. The molecule has 0 aliphatic carbocycles. The SMILES string of the molecule is CC(C)(C)c1cc(C(N)=O)cc(N2C(=O)c3ccc(C(c4ccc5c(c4)C(=O)N(C(C)(C)C)C5=O)(C(F)(F)F)C(F)(F)F)cc3C2=O)c1C(N)=O. The van der Waals surface area contributed by atoms with E-state index in [-0.39, 0.29) is 17.2 Å². The van der Waals surface area contributed by atoms with Crippen LogP contribution in [0.15, 0.2) is 48.5 Å². The first-order valence-corrected chi connectivity index (χ1v) is 15.2. The smallest absolute Gasteiger partial charge is 0.366 e. The van der Waals surface area contributed by atoms with Crippen molar-refractivity contribution in [1.82, 2.24) is 4.90 Å². The summed E-state index contributed by atoms with van der Waals surface area (Å²) in [7, 11) is 0. The minimum Gasteiger partial charge on any atom is -0.366 e. The van der Waals surface area contributed by atoms with E-state index in [1.165, 1.54) is 26.8 Å². The van der Waals surface area contributed by atoms with Gasteiger partial charge in [0.05, 0.1) is 33.5 Å². The van der Waals surface area contributed by atoms with Crippen LogP contribution in [0.5, 0.6) is 0 Å². The van der Waals surface area contributed by atoms with Crippen LogP contribution in [0.25, 0.3) is 0 Å². The Hall–Kier alpha value is -5.54. The molecular weight excluding hydrogens is 686 g/mol. The number of anilines is 1.